The molecular weight excluding hydrogens is 484 g/mol. The molecule has 38 heavy (non-hydrogen) atoms. The molecule has 3 amide bonds. The molecule has 196 valence electrons. The molecule has 3 N–H and O–H groups in total. The number of nitrogens with one attached hydrogen (secondary N) is 2. The number of H-pyrrole nitrogens is 1. The van der Waals surface area contributed by atoms with E-state index in [9.17, 15) is 14.7 Å². The second kappa shape index (κ2) is 10.6. The fourth-order valence-corrected chi connectivity index (χ4v) is 4.83. The summed E-state index contributed by atoms with van der Waals surface area (Å²) in [6.07, 6.45) is 3.74. The van der Waals surface area contributed by atoms with Gasteiger partial charge in [-0.1, -0.05) is 68.3 Å². The fourth-order valence-electron chi connectivity index (χ4n) is 4.83. The van der Waals surface area contributed by atoms with Crippen molar-refractivity contribution < 1.29 is 19.2 Å². The van der Waals surface area contributed by atoms with Crippen molar-refractivity contribution in [1.29, 1.82) is 0 Å². The number of nitrogens with zero attached hydrogens (tertiary/aromatic N) is 6. The van der Waals surface area contributed by atoms with Gasteiger partial charge in [0.15, 0.2) is 11.5 Å². The molecule has 0 saturated heterocycles. The zero-order chi connectivity index (χ0) is 26.7. The Bertz CT molecular complexity index is 1450. The molecular formula is C27H31N8O3+. The summed E-state index contributed by atoms with van der Waals surface area (Å²) in [6, 6.07) is 15.5. The van der Waals surface area contributed by atoms with Crippen LogP contribution in [0.25, 0.3) is 22.5 Å². The number of rotatable bonds is 10. The van der Waals surface area contributed by atoms with Crippen LogP contribution in [-0.2, 0) is 13.0 Å². The van der Waals surface area contributed by atoms with E-state index in [0.717, 1.165) is 47.3 Å². The summed E-state index contributed by atoms with van der Waals surface area (Å²) in [5.74, 6) is 1.22. The van der Waals surface area contributed by atoms with Gasteiger partial charge in [-0.05, 0) is 28.3 Å². The second-order valence-electron chi connectivity index (χ2n) is 9.62. The zero-order valence-electron chi connectivity index (χ0n) is 21.5. The number of quaternary nitrogens is 1. The number of aromatic nitrogens is 6. The average molecular weight is 516 g/mol. The number of imide groups is 1. The SMILES string of the molecule is CCCCCc1nc2c(n1Cc1ccc(-c3ccccc3-c3nn[nH]n3)cc1)C(=O)[N+](C)(CCO)C(=O)N2. The van der Waals surface area contributed by atoms with E-state index in [2.05, 4.69) is 37.8 Å². The van der Waals surface area contributed by atoms with Crippen LogP contribution < -0.4 is 5.32 Å². The van der Waals surface area contributed by atoms with Gasteiger partial charge in [-0.3, -0.25) is 5.32 Å². The third-order valence-electron chi connectivity index (χ3n) is 7.04. The van der Waals surface area contributed by atoms with Gasteiger partial charge in [-0.15, -0.1) is 10.2 Å². The van der Waals surface area contributed by atoms with Gasteiger partial charge in [0.2, 0.25) is 5.82 Å². The third-order valence-corrected chi connectivity index (χ3v) is 7.04. The second-order valence-corrected chi connectivity index (χ2v) is 9.62. The number of imidazole rings is 1. The van der Waals surface area contributed by atoms with Crippen LogP contribution in [-0.4, -0.2) is 71.9 Å². The number of hydrogen-bond donors (Lipinski definition) is 3. The van der Waals surface area contributed by atoms with Crippen LogP contribution in [0, 0.1) is 0 Å². The maximum absolute atomic E-state index is 13.6. The van der Waals surface area contributed by atoms with Crippen LogP contribution in [0.1, 0.15) is 48.1 Å². The molecule has 1 unspecified atom stereocenters. The molecule has 0 radical (unpaired) electrons. The van der Waals surface area contributed by atoms with Gasteiger partial charge >= 0.3 is 11.9 Å². The minimum absolute atomic E-state index is 0.00502. The van der Waals surface area contributed by atoms with Crippen LogP contribution in [0.4, 0.5) is 10.6 Å². The van der Waals surface area contributed by atoms with Crippen molar-refractivity contribution in [2.45, 2.75) is 39.2 Å². The van der Waals surface area contributed by atoms with E-state index in [1.54, 1.807) is 0 Å². The highest BCUT2D eigenvalue weighted by Gasteiger charge is 2.49. The van der Waals surface area contributed by atoms with E-state index < -0.39 is 10.5 Å². The summed E-state index contributed by atoms with van der Waals surface area (Å²) >= 11 is 0. The van der Waals surface area contributed by atoms with E-state index in [1.807, 2.05) is 53.1 Å². The van der Waals surface area contributed by atoms with Crippen LogP contribution in [0.15, 0.2) is 48.5 Å². The van der Waals surface area contributed by atoms with Crippen LogP contribution >= 0.6 is 0 Å². The maximum Gasteiger partial charge on any atom is 0.429 e. The lowest BCUT2D eigenvalue weighted by Crippen LogP contribution is -2.60. The first kappa shape index (κ1) is 25.4. The Balaban J connectivity index is 1.49. The number of amides is 3. The minimum Gasteiger partial charge on any atom is -0.390 e. The number of tetrazole rings is 1. The topological polar surface area (TPSA) is 139 Å². The van der Waals surface area contributed by atoms with E-state index in [4.69, 9.17) is 0 Å². The van der Waals surface area contributed by atoms with Gasteiger partial charge in [0.05, 0.1) is 13.7 Å². The molecule has 4 aromatic rings. The summed E-state index contributed by atoms with van der Waals surface area (Å²) in [5, 5.41) is 26.8. The molecule has 0 spiro atoms. The Morgan fingerprint density at radius 3 is 2.47 bits per heavy atom. The first-order chi connectivity index (χ1) is 18.5. The van der Waals surface area contributed by atoms with Gasteiger partial charge < -0.3 is 9.67 Å². The number of fused-ring (bicyclic) bond motifs is 1. The highest BCUT2D eigenvalue weighted by molar-refractivity contribution is 6.07. The number of aliphatic hydroxyl groups is 1. The van der Waals surface area contributed by atoms with Crippen molar-refractivity contribution >= 4 is 17.8 Å². The van der Waals surface area contributed by atoms with Gasteiger partial charge in [-0.25, -0.2) is 14.6 Å². The highest BCUT2D eigenvalue weighted by atomic mass is 16.3. The molecule has 3 heterocycles. The summed E-state index contributed by atoms with van der Waals surface area (Å²) in [5.41, 5.74) is 4.22. The lowest BCUT2D eigenvalue weighted by atomic mass is 9.98. The third kappa shape index (κ3) is 4.61. The molecule has 11 nitrogen and oxygen atoms in total. The van der Waals surface area contributed by atoms with Gasteiger partial charge in [0, 0.05) is 18.5 Å². The molecule has 11 heteroatoms. The first-order valence-electron chi connectivity index (χ1n) is 12.8. The minimum atomic E-state index is -0.546. The smallest absolute Gasteiger partial charge is 0.390 e. The average Bonchev–Trinajstić information content (AvgIpc) is 3.57. The molecule has 0 aliphatic carbocycles. The molecule has 1 atom stereocenters. The van der Waals surface area contributed by atoms with E-state index in [0.29, 0.717) is 30.3 Å². The summed E-state index contributed by atoms with van der Waals surface area (Å²) in [4.78, 5) is 31.0. The number of unbranched alkanes of at least 4 members (excludes halogenated alkanes) is 2. The van der Waals surface area contributed by atoms with Gasteiger partial charge in [0.1, 0.15) is 12.4 Å². The zero-order valence-corrected chi connectivity index (χ0v) is 21.5. The number of carbonyl (C=O) groups is 2. The van der Waals surface area contributed by atoms with Crippen molar-refractivity contribution in [3.63, 3.8) is 0 Å². The normalized spacial score (nSPS) is 16.9. The number of likely N-dealkylation sites (N-methyl/N-ethyl adjacent to an activating group) is 1. The molecule has 0 fully saturated rings. The standard InChI is InChI=1S/C27H30N8O3/c1-3-4-5-10-22-28-25-23(26(37)35(2,15-16-36)27(38)29-25)34(22)17-18-11-13-19(14-12-18)20-8-6-7-9-21(20)24-30-32-33-31-24/h6-9,11-14,36H,3-5,10,15-17H2,1-2H3,(H-,29,30,31,32,33,37,38)/p+1. The van der Waals surface area contributed by atoms with Crippen LogP contribution in [0.3, 0.4) is 0 Å². The number of urea groups is 1. The Hall–Kier alpha value is -4.22. The summed E-state index contributed by atoms with van der Waals surface area (Å²) in [7, 11) is 1.53. The molecule has 0 bridgehead atoms. The summed E-state index contributed by atoms with van der Waals surface area (Å²) in [6.45, 7) is 2.28. The monoisotopic (exact) mass is 515 g/mol. The van der Waals surface area contributed by atoms with Crippen LogP contribution in [0.5, 0.6) is 0 Å². The number of anilines is 1. The number of aryl methyl sites for hydroxylation is 1. The molecule has 0 saturated carbocycles. The van der Waals surface area contributed by atoms with E-state index in [-0.39, 0.29) is 19.1 Å². The Kier molecular flexibility index (Phi) is 7.12. The van der Waals surface area contributed by atoms with E-state index in [1.165, 1.54) is 7.05 Å². The number of hydrogen-bond acceptors (Lipinski definition) is 7. The predicted molar refractivity (Wildman–Crippen MR) is 141 cm³/mol. The van der Waals surface area contributed by atoms with Crippen molar-refractivity contribution in [3.05, 3.63) is 65.6 Å². The van der Waals surface area contributed by atoms with E-state index >= 15 is 0 Å². The predicted octanol–water partition coefficient (Wildman–Crippen LogP) is 3.64. The molecule has 2 aromatic heterocycles. The Morgan fingerprint density at radius 2 is 1.79 bits per heavy atom. The molecule has 1 aliphatic rings. The molecule has 1 aliphatic heterocycles. The number of aliphatic hydroxyl groups excluding tert-OH is 1. The van der Waals surface area contributed by atoms with Crippen molar-refractivity contribution in [3.8, 4) is 22.5 Å². The van der Waals surface area contributed by atoms with Gasteiger partial charge in [0.25, 0.3) is 0 Å². The van der Waals surface area contributed by atoms with Crippen LogP contribution in [0.2, 0.25) is 0 Å². The molecule has 2 aromatic carbocycles. The Labute approximate surface area is 220 Å². The summed E-state index contributed by atoms with van der Waals surface area (Å²) < 4.78 is 1.37. The van der Waals surface area contributed by atoms with Crippen molar-refractivity contribution in [2.75, 3.05) is 25.5 Å². The van der Waals surface area contributed by atoms with Gasteiger partial charge in [-0.2, -0.15) is 9.70 Å². The number of aromatic amines is 1. The molecule has 5 rings (SSSR count). The highest BCUT2D eigenvalue weighted by Crippen LogP contribution is 2.32. The quantitative estimate of drug-likeness (QED) is 0.216. The number of benzene rings is 2. The number of carbonyl (C=O) groups excluding carboxylic acids is 2. The van der Waals surface area contributed by atoms with Crippen molar-refractivity contribution in [1.82, 2.24) is 30.2 Å². The largest absolute Gasteiger partial charge is 0.429 e. The maximum atomic E-state index is 13.6. The fraction of sp³-hybridized carbons (Fsp3) is 0.333. The lowest BCUT2D eigenvalue weighted by Gasteiger charge is -2.31. The van der Waals surface area contributed by atoms with Crippen molar-refractivity contribution in [2.24, 2.45) is 0 Å². The first-order valence-corrected chi connectivity index (χ1v) is 12.8. The Morgan fingerprint density at radius 1 is 1.03 bits per heavy atom. The lowest BCUT2D eigenvalue weighted by molar-refractivity contribution is -0.744.